The van der Waals surface area contributed by atoms with Crippen LogP contribution in [0.3, 0.4) is 0 Å². The molecule has 0 atom stereocenters. The minimum Gasteiger partial charge on any atom is -0.356 e. The van der Waals surface area contributed by atoms with Gasteiger partial charge >= 0.3 is 0 Å². The molecule has 0 aliphatic rings. The minimum atomic E-state index is -3.10. The molecule has 0 aliphatic heterocycles. The van der Waals surface area contributed by atoms with Gasteiger partial charge in [0.2, 0.25) is 10.0 Å². The first-order valence-corrected chi connectivity index (χ1v) is 9.83. The highest BCUT2D eigenvalue weighted by Gasteiger charge is 2.04. The summed E-state index contributed by atoms with van der Waals surface area (Å²) in [5, 5.41) is 9.50. The van der Waals surface area contributed by atoms with E-state index in [1.54, 1.807) is 25.3 Å². The van der Waals surface area contributed by atoms with E-state index >= 15 is 0 Å². The van der Waals surface area contributed by atoms with Crippen molar-refractivity contribution in [2.75, 3.05) is 32.4 Å². The third-order valence-electron chi connectivity index (χ3n) is 2.91. The Balaban J connectivity index is 0.00000484. The maximum Gasteiger partial charge on any atom is 0.211 e. The summed E-state index contributed by atoms with van der Waals surface area (Å²) in [6.07, 6.45) is 1.55. The minimum absolute atomic E-state index is 0. The molecule has 0 aromatic carbocycles. The first-order valence-electron chi connectivity index (χ1n) is 7.29. The maximum atomic E-state index is 11.3. The molecule has 0 fully saturated rings. The van der Waals surface area contributed by atoms with Crippen LogP contribution in [-0.4, -0.2) is 51.8 Å². The fourth-order valence-electron chi connectivity index (χ4n) is 1.68. The normalized spacial score (nSPS) is 11.9. The number of aliphatic imine (C=N–C) groups is 1. The van der Waals surface area contributed by atoms with E-state index < -0.39 is 10.0 Å². The van der Waals surface area contributed by atoms with Gasteiger partial charge in [-0.3, -0.25) is 4.99 Å². The molecule has 0 amide bonds. The largest absolute Gasteiger partial charge is 0.356 e. The Morgan fingerprint density at radius 1 is 1.30 bits per heavy atom. The second-order valence-electron chi connectivity index (χ2n) is 4.68. The van der Waals surface area contributed by atoms with E-state index in [4.69, 9.17) is 0 Å². The summed E-state index contributed by atoms with van der Waals surface area (Å²) in [5.74, 6) is 0.824. The monoisotopic (exact) mass is 475 g/mol. The van der Waals surface area contributed by atoms with Crippen LogP contribution in [-0.2, 0) is 16.4 Å². The van der Waals surface area contributed by atoms with Crippen LogP contribution < -0.4 is 15.4 Å². The number of hydrogen-bond acceptors (Lipinski definition) is 5. The van der Waals surface area contributed by atoms with Crippen molar-refractivity contribution in [3.05, 3.63) is 16.1 Å². The van der Waals surface area contributed by atoms with Crippen molar-refractivity contribution in [2.24, 2.45) is 4.99 Å². The Labute approximate surface area is 159 Å². The van der Waals surface area contributed by atoms with E-state index in [1.807, 2.05) is 6.92 Å². The zero-order valence-corrected chi connectivity index (χ0v) is 17.7. The predicted octanol–water partition coefficient (Wildman–Crippen LogP) is 1.11. The third-order valence-corrected chi connectivity index (χ3v) is 5.14. The van der Waals surface area contributed by atoms with Crippen molar-refractivity contribution in [2.45, 2.75) is 26.7 Å². The third kappa shape index (κ3) is 10.1. The van der Waals surface area contributed by atoms with Crippen LogP contribution in [0.5, 0.6) is 0 Å². The molecule has 7 nitrogen and oxygen atoms in total. The van der Waals surface area contributed by atoms with Crippen LogP contribution in [0.2, 0.25) is 0 Å². The standard InChI is InChI=1S/C13H25N5O2S2.HI/c1-4-22(19,20)17-8-5-7-15-13(14-3)16-9-6-12-10-21-11(2)18-12;/h10,17H,4-9H2,1-3H3,(H2,14,15,16);1H. The van der Waals surface area contributed by atoms with Gasteiger partial charge in [-0.25, -0.2) is 18.1 Å². The first-order chi connectivity index (χ1) is 10.5. The van der Waals surface area contributed by atoms with Gasteiger partial charge in [0.1, 0.15) is 0 Å². The molecule has 0 saturated heterocycles. The lowest BCUT2D eigenvalue weighted by Crippen LogP contribution is -2.39. The predicted molar refractivity (Wildman–Crippen MR) is 107 cm³/mol. The summed E-state index contributed by atoms with van der Waals surface area (Å²) in [5.41, 5.74) is 1.08. The number of thiazole rings is 1. The molecule has 1 rings (SSSR count). The smallest absolute Gasteiger partial charge is 0.211 e. The number of rotatable bonds is 9. The van der Waals surface area contributed by atoms with Gasteiger partial charge in [0.25, 0.3) is 0 Å². The van der Waals surface area contributed by atoms with Gasteiger partial charge in [-0.05, 0) is 20.3 Å². The fourth-order valence-corrected chi connectivity index (χ4v) is 2.98. The van der Waals surface area contributed by atoms with Crippen LogP contribution in [0, 0.1) is 6.92 Å². The number of sulfonamides is 1. The van der Waals surface area contributed by atoms with E-state index in [1.165, 1.54) is 0 Å². The lowest BCUT2D eigenvalue weighted by molar-refractivity contribution is 0.579. The van der Waals surface area contributed by atoms with Crippen LogP contribution in [0.4, 0.5) is 0 Å². The second kappa shape index (κ2) is 12.0. The average molecular weight is 475 g/mol. The van der Waals surface area contributed by atoms with Crippen molar-refractivity contribution in [3.63, 3.8) is 0 Å². The van der Waals surface area contributed by atoms with Crippen LogP contribution in [0.25, 0.3) is 0 Å². The Kier molecular flexibility index (Phi) is 11.7. The Morgan fingerprint density at radius 3 is 2.57 bits per heavy atom. The van der Waals surface area contributed by atoms with Crippen molar-refractivity contribution in [1.29, 1.82) is 0 Å². The zero-order chi connectivity index (χ0) is 16.4. The molecule has 1 heterocycles. The van der Waals surface area contributed by atoms with Crippen LogP contribution in [0.1, 0.15) is 24.0 Å². The molecule has 3 N–H and O–H groups in total. The lowest BCUT2D eigenvalue weighted by atomic mass is 10.3. The SMILES string of the molecule is CCS(=O)(=O)NCCCNC(=NC)NCCc1csc(C)n1.I. The molecule has 23 heavy (non-hydrogen) atoms. The van der Waals surface area contributed by atoms with Crippen molar-refractivity contribution >= 4 is 51.3 Å². The van der Waals surface area contributed by atoms with Crippen LogP contribution >= 0.6 is 35.3 Å². The maximum absolute atomic E-state index is 11.3. The van der Waals surface area contributed by atoms with Gasteiger partial charge in [-0.15, -0.1) is 35.3 Å². The van der Waals surface area contributed by atoms with E-state index in [0.717, 1.165) is 23.7 Å². The Hall–Kier alpha value is -0.460. The van der Waals surface area contributed by atoms with Gasteiger partial charge in [0, 0.05) is 38.5 Å². The Bertz CT molecular complexity index is 575. The second-order valence-corrected chi connectivity index (χ2v) is 7.84. The number of nitrogens with one attached hydrogen (secondary N) is 3. The number of guanidine groups is 1. The molecule has 1 aromatic heterocycles. The molecular formula is C13H26IN5O2S2. The number of aromatic nitrogens is 1. The van der Waals surface area contributed by atoms with E-state index in [0.29, 0.717) is 25.5 Å². The van der Waals surface area contributed by atoms with Crippen molar-refractivity contribution < 1.29 is 8.42 Å². The number of hydrogen-bond donors (Lipinski definition) is 3. The summed E-state index contributed by atoms with van der Waals surface area (Å²) < 4.78 is 25.0. The molecule has 0 radical (unpaired) electrons. The van der Waals surface area contributed by atoms with Gasteiger partial charge in [-0.2, -0.15) is 0 Å². The van der Waals surface area contributed by atoms with E-state index in [-0.39, 0.29) is 29.7 Å². The number of nitrogens with zero attached hydrogens (tertiary/aromatic N) is 2. The quantitative estimate of drug-likeness (QED) is 0.215. The molecular weight excluding hydrogens is 449 g/mol. The van der Waals surface area contributed by atoms with Gasteiger partial charge < -0.3 is 10.6 Å². The summed E-state index contributed by atoms with van der Waals surface area (Å²) in [6, 6.07) is 0. The summed E-state index contributed by atoms with van der Waals surface area (Å²) in [7, 11) is -1.39. The molecule has 0 bridgehead atoms. The first kappa shape index (κ1) is 22.5. The molecule has 134 valence electrons. The summed E-state index contributed by atoms with van der Waals surface area (Å²) in [4.78, 5) is 8.53. The summed E-state index contributed by atoms with van der Waals surface area (Å²) >= 11 is 1.65. The molecule has 0 unspecified atom stereocenters. The van der Waals surface area contributed by atoms with E-state index in [9.17, 15) is 8.42 Å². The van der Waals surface area contributed by atoms with Crippen LogP contribution in [0.15, 0.2) is 10.4 Å². The summed E-state index contributed by atoms with van der Waals surface area (Å²) in [6.45, 7) is 5.45. The number of halogens is 1. The molecule has 1 aromatic rings. The molecule has 0 saturated carbocycles. The molecule has 0 aliphatic carbocycles. The van der Waals surface area contributed by atoms with Gasteiger partial charge in [-0.1, -0.05) is 0 Å². The highest BCUT2D eigenvalue weighted by atomic mass is 127. The zero-order valence-electron chi connectivity index (χ0n) is 13.8. The Morgan fingerprint density at radius 2 is 2.00 bits per heavy atom. The van der Waals surface area contributed by atoms with Gasteiger partial charge in [0.05, 0.1) is 16.5 Å². The fraction of sp³-hybridized carbons (Fsp3) is 0.692. The average Bonchev–Trinajstić information content (AvgIpc) is 2.90. The highest BCUT2D eigenvalue weighted by molar-refractivity contribution is 14.0. The van der Waals surface area contributed by atoms with Crippen molar-refractivity contribution in [1.82, 2.24) is 20.3 Å². The molecule has 10 heteroatoms. The van der Waals surface area contributed by atoms with E-state index in [2.05, 4.69) is 30.7 Å². The molecule has 0 spiro atoms. The lowest BCUT2D eigenvalue weighted by Gasteiger charge is -2.11. The topological polar surface area (TPSA) is 95.5 Å². The van der Waals surface area contributed by atoms with Gasteiger partial charge in [0.15, 0.2) is 5.96 Å². The highest BCUT2D eigenvalue weighted by Crippen LogP contribution is 2.07. The van der Waals surface area contributed by atoms with Crippen molar-refractivity contribution in [3.8, 4) is 0 Å². The number of aryl methyl sites for hydroxylation is 1.